The number of hydrogen-bond acceptors (Lipinski definition) is 5. The highest BCUT2D eigenvalue weighted by Crippen LogP contribution is 2.18. The Morgan fingerprint density at radius 1 is 0.900 bits per heavy atom. The summed E-state index contributed by atoms with van der Waals surface area (Å²) in [7, 11) is 1.59. The van der Waals surface area contributed by atoms with E-state index in [2.05, 4.69) is 5.32 Å². The molecule has 1 N–H and O–H groups in total. The van der Waals surface area contributed by atoms with Crippen molar-refractivity contribution in [3.05, 3.63) is 90.0 Å². The van der Waals surface area contributed by atoms with Crippen LogP contribution in [-0.2, 0) is 16.1 Å². The van der Waals surface area contributed by atoms with Crippen LogP contribution < -0.4 is 10.1 Å². The molecular formula is C24H23NO4S. The van der Waals surface area contributed by atoms with Crippen LogP contribution in [0.1, 0.15) is 22.3 Å². The number of benzene rings is 3. The summed E-state index contributed by atoms with van der Waals surface area (Å²) < 4.78 is 10.4. The van der Waals surface area contributed by atoms with Crippen LogP contribution in [0.15, 0.2) is 83.8 Å². The second-order valence-corrected chi connectivity index (χ2v) is 7.62. The molecule has 3 aromatic rings. The summed E-state index contributed by atoms with van der Waals surface area (Å²) in [6, 6.07) is 24.1. The average molecular weight is 422 g/mol. The maximum absolute atomic E-state index is 12.4. The van der Waals surface area contributed by atoms with Gasteiger partial charge in [-0.2, -0.15) is 0 Å². The van der Waals surface area contributed by atoms with Gasteiger partial charge >= 0.3 is 5.97 Å². The van der Waals surface area contributed by atoms with E-state index in [0.29, 0.717) is 23.4 Å². The first-order chi connectivity index (χ1) is 14.6. The zero-order valence-corrected chi connectivity index (χ0v) is 17.5. The van der Waals surface area contributed by atoms with Crippen molar-refractivity contribution >= 4 is 29.3 Å². The molecule has 0 saturated heterocycles. The third-order valence-electron chi connectivity index (χ3n) is 4.28. The zero-order valence-electron chi connectivity index (χ0n) is 16.7. The number of hydrogen-bond donors (Lipinski definition) is 1. The highest BCUT2D eigenvalue weighted by atomic mass is 32.2. The molecule has 0 aliphatic rings. The molecule has 5 nitrogen and oxygen atoms in total. The molecule has 0 bridgehead atoms. The van der Waals surface area contributed by atoms with Gasteiger partial charge in [0.25, 0.3) is 5.91 Å². The first-order valence-electron chi connectivity index (χ1n) is 9.52. The molecule has 3 aromatic carbocycles. The quantitative estimate of drug-likeness (QED) is 0.381. The van der Waals surface area contributed by atoms with E-state index >= 15 is 0 Å². The number of esters is 1. The van der Waals surface area contributed by atoms with Crippen LogP contribution >= 0.6 is 11.8 Å². The number of rotatable bonds is 9. The summed E-state index contributed by atoms with van der Waals surface area (Å²) in [6.07, 6.45) is 0.349. The predicted octanol–water partition coefficient (Wildman–Crippen LogP) is 5.17. The summed E-state index contributed by atoms with van der Waals surface area (Å²) in [5.74, 6) is 0.958. The lowest BCUT2D eigenvalue weighted by Gasteiger charge is -2.08. The normalized spacial score (nSPS) is 10.3. The maximum atomic E-state index is 12.4. The molecule has 30 heavy (non-hydrogen) atoms. The van der Waals surface area contributed by atoms with Crippen molar-refractivity contribution in [2.75, 3.05) is 18.2 Å². The topological polar surface area (TPSA) is 64.6 Å². The molecule has 1 amide bonds. The molecule has 0 saturated carbocycles. The van der Waals surface area contributed by atoms with Crippen LogP contribution in [-0.4, -0.2) is 24.7 Å². The molecule has 154 valence electrons. The lowest BCUT2D eigenvalue weighted by molar-refractivity contribution is -0.144. The first kappa shape index (κ1) is 21.5. The second-order valence-electron chi connectivity index (χ2n) is 6.45. The molecule has 0 spiro atoms. The Hall–Kier alpha value is -3.25. The smallest absolute Gasteiger partial charge is 0.306 e. The Morgan fingerprint density at radius 2 is 1.60 bits per heavy atom. The van der Waals surface area contributed by atoms with Gasteiger partial charge in [-0.15, -0.1) is 11.8 Å². The minimum Gasteiger partial charge on any atom is -0.497 e. The van der Waals surface area contributed by atoms with Gasteiger partial charge in [0.15, 0.2) is 0 Å². The Labute approximate surface area is 180 Å². The number of amides is 1. The van der Waals surface area contributed by atoms with E-state index in [-0.39, 0.29) is 18.5 Å². The summed E-state index contributed by atoms with van der Waals surface area (Å²) >= 11 is 1.63. The molecule has 6 heteroatoms. The second kappa shape index (κ2) is 11.1. The van der Waals surface area contributed by atoms with E-state index in [9.17, 15) is 9.59 Å². The Kier molecular flexibility index (Phi) is 7.92. The van der Waals surface area contributed by atoms with Gasteiger partial charge in [0.1, 0.15) is 12.4 Å². The van der Waals surface area contributed by atoms with Gasteiger partial charge < -0.3 is 14.8 Å². The van der Waals surface area contributed by atoms with Gasteiger partial charge in [0.05, 0.1) is 13.5 Å². The van der Waals surface area contributed by atoms with Crippen molar-refractivity contribution in [2.45, 2.75) is 17.9 Å². The molecule has 3 rings (SSSR count). The molecule has 0 aromatic heterocycles. The highest BCUT2D eigenvalue weighted by Gasteiger charge is 2.08. The number of methoxy groups -OCH3 is 1. The largest absolute Gasteiger partial charge is 0.497 e. The Bertz CT molecular complexity index is 957. The third kappa shape index (κ3) is 6.67. The van der Waals surface area contributed by atoms with Crippen LogP contribution in [0.5, 0.6) is 5.75 Å². The minimum atomic E-state index is -0.236. The number of nitrogens with one attached hydrogen (secondary N) is 1. The molecule has 0 aliphatic heterocycles. The van der Waals surface area contributed by atoms with Crippen molar-refractivity contribution in [2.24, 2.45) is 0 Å². The molecule has 0 unspecified atom stereocenters. The summed E-state index contributed by atoms with van der Waals surface area (Å²) in [5, 5.41) is 2.83. The van der Waals surface area contributed by atoms with Gasteiger partial charge in [-0.3, -0.25) is 9.59 Å². The lowest BCUT2D eigenvalue weighted by atomic mass is 10.1. The summed E-state index contributed by atoms with van der Waals surface area (Å²) in [5.41, 5.74) is 2.05. The molecule has 0 fully saturated rings. The third-order valence-corrected chi connectivity index (χ3v) is 5.30. The maximum Gasteiger partial charge on any atom is 0.306 e. The molecule has 0 atom stereocenters. The van der Waals surface area contributed by atoms with Gasteiger partial charge in [-0.05, 0) is 54.1 Å². The minimum absolute atomic E-state index is 0.190. The van der Waals surface area contributed by atoms with E-state index in [1.165, 1.54) is 0 Å². The number of carbonyl (C=O) groups excluding carboxylic acids is 2. The molecule has 0 radical (unpaired) electrons. The van der Waals surface area contributed by atoms with Crippen molar-refractivity contribution in [1.82, 2.24) is 0 Å². The van der Waals surface area contributed by atoms with Crippen LogP contribution in [0.4, 0.5) is 5.69 Å². The van der Waals surface area contributed by atoms with Crippen LogP contribution in [0, 0.1) is 0 Å². The SMILES string of the molecule is COc1ccc(NC(=O)c2ccc(COC(=O)CCSc3ccccc3)cc2)cc1. The summed E-state index contributed by atoms with van der Waals surface area (Å²) in [4.78, 5) is 25.4. The van der Waals surface area contributed by atoms with E-state index in [1.807, 2.05) is 30.3 Å². The van der Waals surface area contributed by atoms with Crippen LogP contribution in [0.25, 0.3) is 0 Å². The molecule has 0 aliphatic carbocycles. The zero-order chi connectivity index (χ0) is 21.2. The van der Waals surface area contributed by atoms with E-state index in [1.54, 1.807) is 67.4 Å². The Balaban J connectivity index is 1.42. The number of anilines is 1. The standard InChI is InChI=1S/C24H23NO4S/c1-28-21-13-11-20(12-14-21)25-24(27)19-9-7-18(8-10-19)17-29-23(26)15-16-30-22-5-3-2-4-6-22/h2-14H,15-17H2,1H3,(H,25,27). The van der Waals surface area contributed by atoms with Gasteiger partial charge in [0, 0.05) is 21.9 Å². The van der Waals surface area contributed by atoms with E-state index < -0.39 is 0 Å². The van der Waals surface area contributed by atoms with Crippen molar-refractivity contribution in [3.8, 4) is 5.75 Å². The summed E-state index contributed by atoms with van der Waals surface area (Å²) in [6.45, 7) is 0.190. The fourth-order valence-electron chi connectivity index (χ4n) is 2.63. The number of carbonyl (C=O) groups is 2. The average Bonchev–Trinajstić information content (AvgIpc) is 2.79. The lowest BCUT2D eigenvalue weighted by Crippen LogP contribution is -2.12. The number of thioether (sulfide) groups is 1. The fraction of sp³-hybridized carbons (Fsp3) is 0.167. The van der Waals surface area contributed by atoms with Crippen molar-refractivity contribution in [3.63, 3.8) is 0 Å². The van der Waals surface area contributed by atoms with E-state index in [0.717, 1.165) is 16.2 Å². The highest BCUT2D eigenvalue weighted by molar-refractivity contribution is 7.99. The Morgan fingerprint density at radius 3 is 2.27 bits per heavy atom. The predicted molar refractivity (Wildman–Crippen MR) is 119 cm³/mol. The molecule has 0 heterocycles. The van der Waals surface area contributed by atoms with E-state index in [4.69, 9.17) is 9.47 Å². The molecular weight excluding hydrogens is 398 g/mol. The monoisotopic (exact) mass is 421 g/mol. The first-order valence-corrected chi connectivity index (χ1v) is 10.5. The fourth-order valence-corrected chi connectivity index (χ4v) is 3.49. The van der Waals surface area contributed by atoms with Gasteiger partial charge in [0.2, 0.25) is 0 Å². The van der Waals surface area contributed by atoms with Crippen molar-refractivity contribution in [1.29, 1.82) is 0 Å². The van der Waals surface area contributed by atoms with Crippen LogP contribution in [0.2, 0.25) is 0 Å². The van der Waals surface area contributed by atoms with Gasteiger partial charge in [-0.1, -0.05) is 30.3 Å². The van der Waals surface area contributed by atoms with Gasteiger partial charge in [-0.25, -0.2) is 0 Å². The van der Waals surface area contributed by atoms with Crippen molar-refractivity contribution < 1.29 is 19.1 Å². The number of ether oxygens (including phenoxy) is 2. The van der Waals surface area contributed by atoms with Crippen LogP contribution in [0.3, 0.4) is 0 Å².